The van der Waals surface area contributed by atoms with Gasteiger partial charge in [-0.1, -0.05) is 6.92 Å². The van der Waals surface area contributed by atoms with Crippen LogP contribution < -0.4 is 5.32 Å². The van der Waals surface area contributed by atoms with Crippen LogP contribution in [-0.2, 0) is 16.4 Å². The molecule has 1 heterocycles. The Kier molecular flexibility index (Phi) is 4.95. The van der Waals surface area contributed by atoms with E-state index in [0.717, 1.165) is 32.5 Å². The van der Waals surface area contributed by atoms with E-state index < -0.39 is 9.84 Å². The van der Waals surface area contributed by atoms with Gasteiger partial charge in [0.1, 0.15) is 4.90 Å². The Labute approximate surface area is 96.8 Å². The second kappa shape index (κ2) is 6.00. The summed E-state index contributed by atoms with van der Waals surface area (Å²) in [6.07, 6.45) is 6.24. The molecule has 0 amide bonds. The lowest BCUT2D eigenvalue weighted by Gasteiger charge is -2.02. The summed E-state index contributed by atoms with van der Waals surface area (Å²) in [6.45, 7) is 4.82. The minimum absolute atomic E-state index is 0.286. The molecule has 0 aliphatic carbocycles. The molecular weight excluding hydrogens is 226 g/mol. The summed E-state index contributed by atoms with van der Waals surface area (Å²) in [5.74, 6) is 0. The molecule has 1 N–H and O–H groups in total. The van der Waals surface area contributed by atoms with Crippen molar-refractivity contribution >= 4 is 9.84 Å². The molecule has 5 nitrogen and oxygen atoms in total. The third kappa shape index (κ3) is 4.32. The maximum Gasteiger partial charge on any atom is 0.178 e. The molecule has 0 saturated heterocycles. The van der Waals surface area contributed by atoms with Gasteiger partial charge in [0.2, 0.25) is 0 Å². The van der Waals surface area contributed by atoms with Crippen LogP contribution in [-0.4, -0.2) is 37.5 Å². The maximum absolute atomic E-state index is 11.2. The van der Waals surface area contributed by atoms with Crippen molar-refractivity contribution in [3.05, 3.63) is 12.4 Å². The van der Waals surface area contributed by atoms with E-state index in [9.17, 15) is 8.42 Å². The van der Waals surface area contributed by atoms with Crippen LogP contribution in [0.3, 0.4) is 0 Å². The molecule has 0 atom stereocenters. The van der Waals surface area contributed by atoms with E-state index in [-0.39, 0.29) is 4.90 Å². The van der Waals surface area contributed by atoms with Gasteiger partial charge < -0.3 is 5.32 Å². The van der Waals surface area contributed by atoms with Gasteiger partial charge in [0, 0.05) is 19.0 Å². The lowest BCUT2D eigenvalue weighted by Crippen LogP contribution is -2.17. The van der Waals surface area contributed by atoms with Crippen LogP contribution >= 0.6 is 0 Å². The van der Waals surface area contributed by atoms with Gasteiger partial charge in [-0.15, -0.1) is 0 Å². The number of sulfone groups is 1. The monoisotopic (exact) mass is 245 g/mol. The first-order valence-corrected chi connectivity index (χ1v) is 7.36. The summed E-state index contributed by atoms with van der Waals surface area (Å²) >= 11 is 0. The van der Waals surface area contributed by atoms with Crippen LogP contribution in [0.25, 0.3) is 0 Å². The quantitative estimate of drug-likeness (QED) is 0.717. The van der Waals surface area contributed by atoms with Gasteiger partial charge >= 0.3 is 0 Å². The van der Waals surface area contributed by atoms with Crippen LogP contribution in [0.4, 0.5) is 0 Å². The molecule has 1 aromatic rings. The van der Waals surface area contributed by atoms with E-state index in [1.165, 1.54) is 12.5 Å². The zero-order valence-electron chi connectivity index (χ0n) is 9.81. The smallest absolute Gasteiger partial charge is 0.178 e. The van der Waals surface area contributed by atoms with Gasteiger partial charge in [-0.05, 0) is 25.9 Å². The fraction of sp³-hybridized carbons (Fsp3) is 0.700. The molecule has 0 bridgehead atoms. The molecule has 0 fully saturated rings. The lowest BCUT2D eigenvalue weighted by molar-refractivity contribution is 0.541. The molecule has 0 aliphatic rings. The first-order chi connectivity index (χ1) is 7.54. The molecule has 92 valence electrons. The predicted molar refractivity (Wildman–Crippen MR) is 63.1 cm³/mol. The zero-order chi connectivity index (χ0) is 12.0. The van der Waals surface area contributed by atoms with Gasteiger partial charge in [0.15, 0.2) is 9.84 Å². The third-order valence-corrected chi connectivity index (χ3v) is 3.27. The molecule has 0 aromatic carbocycles. The highest BCUT2D eigenvalue weighted by atomic mass is 32.2. The maximum atomic E-state index is 11.2. The largest absolute Gasteiger partial charge is 0.317 e. The van der Waals surface area contributed by atoms with E-state index in [1.807, 2.05) is 0 Å². The third-order valence-electron chi connectivity index (χ3n) is 2.21. The van der Waals surface area contributed by atoms with Gasteiger partial charge in [-0.2, -0.15) is 5.10 Å². The zero-order valence-corrected chi connectivity index (χ0v) is 10.6. The summed E-state index contributed by atoms with van der Waals surface area (Å²) < 4.78 is 24.1. The molecule has 1 rings (SSSR count). The molecule has 0 radical (unpaired) electrons. The fourth-order valence-corrected chi connectivity index (χ4v) is 1.88. The minimum atomic E-state index is -3.12. The number of aromatic nitrogens is 2. The Hall–Kier alpha value is -0.880. The van der Waals surface area contributed by atoms with Crippen LogP contribution in [0.15, 0.2) is 17.3 Å². The molecule has 0 spiro atoms. The fourth-order valence-electron chi connectivity index (χ4n) is 1.33. The molecule has 0 unspecified atom stereocenters. The second-order valence-electron chi connectivity index (χ2n) is 3.81. The van der Waals surface area contributed by atoms with Gasteiger partial charge in [-0.25, -0.2) is 8.42 Å². The first kappa shape index (κ1) is 13.2. The highest BCUT2D eigenvalue weighted by Crippen LogP contribution is 2.06. The van der Waals surface area contributed by atoms with Crippen LogP contribution in [0, 0.1) is 0 Å². The van der Waals surface area contributed by atoms with Crippen LogP contribution in [0.5, 0.6) is 0 Å². The van der Waals surface area contributed by atoms with Crippen LogP contribution in [0.2, 0.25) is 0 Å². The van der Waals surface area contributed by atoms with E-state index in [0.29, 0.717) is 0 Å². The van der Waals surface area contributed by atoms with Crippen LogP contribution in [0.1, 0.15) is 19.8 Å². The lowest BCUT2D eigenvalue weighted by atomic mass is 10.4. The van der Waals surface area contributed by atoms with Gasteiger partial charge in [0.05, 0.1) is 6.20 Å². The number of nitrogens with one attached hydrogen (secondary N) is 1. The summed E-state index contributed by atoms with van der Waals surface area (Å²) in [4.78, 5) is 0.286. The Morgan fingerprint density at radius 1 is 1.44 bits per heavy atom. The standard InChI is InChI=1S/C10H19N3O2S/c1-3-5-11-6-4-7-13-9-10(8-12-13)16(2,14)15/h8-9,11H,3-7H2,1-2H3. The van der Waals surface area contributed by atoms with Crippen molar-refractivity contribution in [2.24, 2.45) is 0 Å². The molecular formula is C10H19N3O2S. The Morgan fingerprint density at radius 2 is 2.19 bits per heavy atom. The highest BCUT2D eigenvalue weighted by molar-refractivity contribution is 7.90. The molecule has 1 aromatic heterocycles. The summed E-state index contributed by atoms with van der Waals surface area (Å²) in [5, 5.41) is 7.29. The van der Waals surface area contributed by atoms with Gasteiger partial charge in [0.25, 0.3) is 0 Å². The van der Waals surface area contributed by atoms with Crippen molar-refractivity contribution in [1.29, 1.82) is 0 Å². The number of hydrogen-bond donors (Lipinski definition) is 1. The van der Waals surface area contributed by atoms with Crippen molar-refractivity contribution in [2.45, 2.75) is 31.2 Å². The topological polar surface area (TPSA) is 64.0 Å². The summed E-state index contributed by atoms with van der Waals surface area (Å²) in [5.41, 5.74) is 0. The summed E-state index contributed by atoms with van der Waals surface area (Å²) in [7, 11) is -3.12. The van der Waals surface area contributed by atoms with Crippen molar-refractivity contribution in [3.8, 4) is 0 Å². The Bertz CT molecular complexity index is 411. The van der Waals surface area contributed by atoms with Gasteiger partial charge in [-0.3, -0.25) is 4.68 Å². The van der Waals surface area contributed by atoms with E-state index in [2.05, 4.69) is 17.3 Å². The Balaban J connectivity index is 2.36. The van der Waals surface area contributed by atoms with Crippen molar-refractivity contribution in [3.63, 3.8) is 0 Å². The number of aryl methyl sites for hydroxylation is 1. The molecule has 16 heavy (non-hydrogen) atoms. The summed E-state index contributed by atoms with van der Waals surface area (Å²) in [6, 6.07) is 0. The molecule has 0 aliphatic heterocycles. The van der Waals surface area contributed by atoms with E-state index >= 15 is 0 Å². The number of nitrogens with zero attached hydrogens (tertiary/aromatic N) is 2. The van der Waals surface area contributed by atoms with Crippen molar-refractivity contribution in [2.75, 3.05) is 19.3 Å². The molecule has 0 saturated carbocycles. The second-order valence-corrected chi connectivity index (χ2v) is 5.83. The average molecular weight is 245 g/mol. The highest BCUT2D eigenvalue weighted by Gasteiger charge is 2.09. The van der Waals surface area contributed by atoms with Crippen molar-refractivity contribution < 1.29 is 8.42 Å². The van der Waals surface area contributed by atoms with E-state index in [1.54, 1.807) is 10.9 Å². The van der Waals surface area contributed by atoms with Crippen molar-refractivity contribution in [1.82, 2.24) is 15.1 Å². The predicted octanol–water partition coefficient (Wildman–Crippen LogP) is 0.676. The normalized spacial score (nSPS) is 11.9. The average Bonchev–Trinajstić information content (AvgIpc) is 2.65. The number of hydrogen-bond acceptors (Lipinski definition) is 4. The SMILES string of the molecule is CCCNCCCn1cc(S(C)(=O)=O)cn1. The number of rotatable bonds is 7. The van der Waals surface area contributed by atoms with E-state index in [4.69, 9.17) is 0 Å². The Morgan fingerprint density at radius 3 is 2.75 bits per heavy atom. The molecule has 6 heteroatoms. The first-order valence-electron chi connectivity index (χ1n) is 5.47. The minimum Gasteiger partial charge on any atom is -0.317 e.